The van der Waals surface area contributed by atoms with Crippen molar-refractivity contribution < 1.29 is 22.3 Å². The van der Waals surface area contributed by atoms with E-state index in [0.717, 1.165) is 67.9 Å². The van der Waals surface area contributed by atoms with E-state index in [4.69, 9.17) is 9.72 Å². The Bertz CT molecular complexity index is 3430. The molecule has 0 unspecified atom stereocenters. The average molecular weight is 887 g/mol. The minimum Gasteiger partial charge on any atom is -0.457 e. The minimum absolute atomic E-state index is 0.0772. The van der Waals surface area contributed by atoms with Crippen LogP contribution in [-0.4, -0.2) is 16.2 Å². The fraction of sp³-hybridized carbons (Fsp3) is 0.0862. The summed E-state index contributed by atoms with van der Waals surface area (Å²) in [6.07, 6.45) is 1.87. The molecule has 67 heavy (non-hydrogen) atoms. The Kier molecular flexibility index (Phi) is 10.1. The number of nitrogens with zero attached hydrogens (tertiary/aromatic N) is 4. The molecule has 1 aliphatic heterocycles. The highest BCUT2D eigenvalue weighted by molar-refractivity contribution is 6.09. The predicted octanol–water partition coefficient (Wildman–Crippen LogP) is 16.1. The quantitative estimate of drug-likeness (QED) is 0.142. The molecular formula is C58H42F4N4O. The largest absolute Gasteiger partial charge is 0.457 e. The first-order chi connectivity index (χ1) is 32.4. The number of halogens is 4. The van der Waals surface area contributed by atoms with E-state index in [1.165, 1.54) is 29.8 Å². The number of pyridine rings is 1. The summed E-state index contributed by atoms with van der Waals surface area (Å²) >= 11 is 0. The van der Waals surface area contributed by atoms with Crippen LogP contribution in [0.4, 0.5) is 40.3 Å². The Labute approximate surface area is 385 Å². The van der Waals surface area contributed by atoms with Crippen LogP contribution in [0.25, 0.3) is 61.0 Å². The van der Waals surface area contributed by atoms with Crippen LogP contribution in [0, 0.1) is 23.3 Å². The zero-order valence-corrected chi connectivity index (χ0v) is 36.8. The van der Waals surface area contributed by atoms with E-state index < -0.39 is 23.3 Å². The molecule has 2 aromatic heterocycles. The predicted molar refractivity (Wildman–Crippen MR) is 262 cm³/mol. The van der Waals surface area contributed by atoms with E-state index in [0.29, 0.717) is 28.3 Å². The van der Waals surface area contributed by atoms with Crippen molar-refractivity contribution in [3.05, 3.63) is 217 Å². The van der Waals surface area contributed by atoms with Crippen LogP contribution in [0.3, 0.4) is 0 Å². The first kappa shape index (κ1) is 41.5. The maximum atomic E-state index is 14.9. The molecule has 0 radical (unpaired) electrons. The highest BCUT2D eigenvalue weighted by atomic mass is 19.1. The summed E-state index contributed by atoms with van der Waals surface area (Å²) in [7, 11) is 0. The molecule has 0 N–H and O–H groups in total. The first-order valence-electron chi connectivity index (χ1n) is 22.0. The van der Waals surface area contributed by atoms with Crippen molar-refractivity contribution in [1.29, 1.82) is 0 Å². The minimum atomic E-state index is -0.746. The Morgan fingerprint density at radius 3 is 1.76 bits per heavy atom. The number of ether oxygens (including phenoxy) is 1. The van der Waals surface area contributed by atoms with Crippen LogP contribution in [0.1, 0.15) is 26.3 Å². The van der Waals surface area contributed by atoms with E-state index in [9.17, 15) is 17.6 Å². The third-order valence-electron chi connectivity index (χ3n) is 12.4. The molecule has 0 saturated heterocycles. The summed E-state index contributed by atoms with van der Waals surface area (Å²) in [6.45, 7) is 6.81. The van der Waals surface area contributed by atoms with Crippen molar-refractivity contribution in [3.63, 3.8) is 0 Å². The molecular weight excluding hydrogens is 845 g/mol. The summed E-state index contributed by atoms with van der Waals surface area (Å²) in [4.78, 5) is 9.03. The Morgan fingerprint density at radius 1 is 0.478 bits per heavy atom. The number of anilines is 4. The SMILES string of the molecule is CC(C)(C)c1ccnc(-n2c3ccccc3c3ccc(Oc4cc(-c5ccccc5)cc(N5CN(c6c(-c7cc(F)cc(F)c7)cccc6-c6cc(F)cc(F)c6)c6ccccc65)c4)cc32)c1. The molecule has 328 valence electrons. The summed E-state index contributed by atoms with van der Waals surface area (Å²) in [5, 5.41) is 2.17. The maximum absolute atomic E-state index is 14.9. The van der Waals surface area contributed by atoms with Gasteiger partial charge in [0.05, 0.1) is 28.1 Å². The lowest BCUT2D eigenvalue weighted by Gasteiger charge is -2.27. The average Bonchev–Trinajstić information content (AvgIpc) is 3.87. The van der Waals surface area contributed by atoms with Gasteiger partial charge in [0.15, 0.2) is 0 Å². The Morgan fingerprint density at radius 2 is 1.09 bits per heavy atom. The van der Waals surface area contributed by atoms with Crippen molar-refractivity contribution in [2.45, 2.75) is 26.2 Å². The highest BCUT2D eigenvalue weighted by Gasteiger charge is 2.32. The molecule has 0 saturated carbocycles. The van der Waals surface area contributed by atoms with Gasteiger partial charge in [-0.3, -0.25) is 4.57 Å². The van der Waals surface area contributed by atoms with Crippen molar-refractivity contribution in [2.75, 3.05) is 16.5 Å². The van der Waals surface area contributed by atoms with Gasteiger partial charge in [0.2, 0.25) is 0 Å². The van der Waals surface area contributed by atoms with Gasteiger partial charge >= 0.3 is 0 Å². The van der Waals surface area contributed by atoms with E-state index in [-0.39, 0.29) is 23.2 Å². The molecule has 1 aliphatic rings. The van der Waals surface area contributed by atoms with Crippen LogP contribution in [0.2, 0.25) is 0 Å². The summed E-state index contributed by atoms with van der Waals surface area (Å²) < 4.78 is 68.9. The van der Waals surface area contributed by atoms with Crippen molar-refractivity contribution >= 4 is 44.6 Å². The third-order valence-corrected chi connectivity index (χ3v) is 12.4. The molecule has 9 heteroatoms. The van der Waals surface area contributed by atoms with E-state index in [1.54, 1.807) is 18.2 Å². The number of rotatable bonds is 8. The molecule has 10 aromatic rings. The molecule has 0 aliphatic carbocycles. The highest BCUT2D eigenvalue weighted by Crippen LogP contribution is 2.51. The fourth-order valence-corrected chi connectivity index (χ4v) is 9.34. The van der Waals surface area contributed by atoms with Crippen molar-refractivity contribution in [1.82, 2.24) is 9.55 Å². The van der Waals surface area contributed by atoms with Gasteiger partial charge in [0.1, 0.15) is 47.3 Å². The maximum Gasteiger partial charge on any atom is 0.137 e. The summed E-state index contributed by atoms with van der Waals surface area (Å²) in [6, 6.07) is 54.7. The Balaban J connectivity index is 1.05. The zero-order chi connectivity index (χ0) is 46.0. The molecule has 11 rings (SSSR count). The molecule has 0 bridgehead atoms. The fourth-order valence-electron chi connectivity index (χ4n) is 9.34. The van der Waals surface area contributed by atoms with Crippen LogP contribution in [0.15, 0.2) is 188 Å². The van der Waals surface area contributed by atoms with Gasteiger partial charge in [-0.2, -0.15) is 0 Å². The van der Waals surface area contributed by atoms with Crippen LogP contribution >= 0.6 is 0 Å². The van der Waals surface area contributed by atoms with Gasteiger partial charge in [-0.1, -0.05) is 99.6 Å². The topological polar surface area (TPSA) is 33.5 Å². The molecule has 3 heterocycles. The van der Waals surface area contributed by atoms with Gasteiger partial charge in [0, 0.05) is 58.0 Å². The molecule has 8 aromatic carbocycles. The number of hydrogen-bond donors (Lipinski definition) is 0. The standard InChI is InChI=1S/C58H42F4N4O/c1-58(2,3)40-22-23-63-56(30-40)66-52-17-8-7-14-50(52)51-21-20-46(34-55(51)66)67-47-29-37(36-12-5-4-6-13-36)28-45(33-47)64-35-65(54-19-10-9-18-53(54)64)57-48(38-24-41(59)31-42(60)25-38)15-11-16-49(57)39-26-43(61)32-44(62)27-39/h4-34H,35H2,1-3H3. The van der Waals surface area contributed by atoms with Crippen molar-refractivity contribution in [2.24, 2.45) is 0 Å². The number of benzene rings is 8. The monoisotopic (exact) mass is 886 g/mol. The second-order valence-electron chi connectivity index (χ2n) is 17.9. The smallest absolute Gasteiger partial charge is 0.137 e. The Hall–Kier alpha value is -8.17. The summed E-state index contributed by atoms with van der Waals surface area (Å²) in [5.41, 5.74) is 9.43. The van der Waals surface area contributed by atoms with Crippen LogP contribution in [0.5, 0.6) is 11.5 Å². The van der Waals surface area contributed by atoms with Gasteiger partial charge in [-0.25, -0.2) is 22.5 Å². The number of fused-ring (bicyclic) bond motifs is 4. The van der Waals surface area contributed by atoms with E-state index >= 15 is 0 Å². The lowest BCUT2D eigenvalue weighted by atomic mass is 9.88. The number of aromatic nitrogens is 2. The van der Waals surface area contributed by atoms with E-state index in [1.807, 2.05) is 83.9 Å². The van der Waals surface area contributed by atoms with Crippen molar-refractivity contribution in [3.8, 4) is 50.7 Å². The lowest BCUT2D eigenvalue weighted by molar-refractivity contribution is 0.483. The lowest BCUT2D eigenvalue weighted by Crippen LogP contribution is -2.25. The molecule has 0 fully saturated rings. The molecule has 0 spiro atoms. The number of hydrogen-bond acceptors (Lipinski definition) is 4. The molecule has 0 amide bonds. The van der Waals surface area contributed by atoms with Gasteiger partial charge in [-0.15, -0.1) is 0 Å². The van der Waals surface area contributed by atoms with Gasteiger partial charge < -0.3 is 14.5 Å². The van der Waals surface area contributed by atoms with Gasteiger partial charge in [-0.05, 0) is 112 Å². The molecule has 5 nitrogen and oxygen atoms in total. The zero-order valence-electron chi connectivity index (χ0n) is 36.8. The second kappa shape index (κ2) is 16.4. The van der Waals surface area contributed by atoms with Crippen LogP contribution in [-0.2, 0) is 5.41 Å². The number of para-hydroxylation sites is 4. The molecule has 0 atom stereocenters. The van der Waals surface area contributed by atoms with E-state index in [2.05, 4.69) is 84.8 Å². The van der Waals surface area contributed by atoms with Gasteiger partial charge in [0.25, 0.3) is 0 Å². The normalized spacial score (nSPS) is 12.6. The second-order valence-corrected chi connectivity index (χ2v) is 17.9. The first-order valence-corrected chi connectivity index (χ1v) is 22.0. The summed E-state index contributed by atoms with van der Waals surface area (Å²) in [5.74, 6) is -0.947. The third kappa shape index (κ3) is 7.72. The van der Waals surface area contributed by atoms with Crippen LogP contribution < -0.4 is 14.5 Å².